The Labute approximate surface area is 198 Å². The number of hydrogen-bond donors (Lipinski definition) is 2. The first-order chi connectivity index (χ1) is 13.9. The molecular formula is C14H19I2N4O9P. The summed E-state index contributed by atoms with van der Waals surface area (Å²) in [5.41, 5.74) is -1.46. The van der Waals surface area contributed by atoms with Crippen LogP contribution in [0.4, 0.5) is 17.1 Å². The maximum Gasteiger partial charge on any atom is 0.469 e. The molecule has 30 heavy (non-hydrogen) atoms. The molecule has 0 aliphatic rings. The first-order valence-corrected chi connectivity index (χ1v) is 12.8. The van der Waals surface area contributed by atoms with Gasteiger partial charge in [0.05, 0.1) is 28.1 Å². The number of likely N-dealkylation sites (N-methyl/N-ethyl adjacent to an activating group) is 1. The third kappa shape index (κ3) is 7.84. The quantitative estimate of drug-likeness (QED) is 0.110. The number of rotatable bonds is 12. The van der Waals surface area contributed by atoms with Crippen LogP contribution in [0.2, 0.25) is 0 Å². The highest BCUT2D eigenvalue weighted by Crippen LogP contribution is 2.38. The topological polar surface area (TPSA) is 177 Å². The zero-order valence-electron chi connectivity index (χ0n) is 15.6. The Kier molecular flexibility index (Phi) is 10.8. The molecular weight excluding hydrogens is 653 g/mol. The number of nitro benzene ring substituents is 2. The summed E-state index contributed by atoms with van der Waals surface area (Å²) in [7, 11) is -3.44. The summed E-state index contributed by atoms with van der Waals surface area (Å²) in [5, 5.41) is 22.9. The highest BCUT2D eigenvalue weighted by molar-refractivity contribution is 14.1. The number of carbonyl (C=O) groups excluding carboxylic acids is 1. The van der Waals surface area contributed by atoms with Crippen LogP contribution in [0.25, 0.3) is 0 Å². The first-order valence-electron chi connectivity index (χ1n) is 8.22. The molecule has 0 aromatic heterocycles. The Balaban J connectivity index is 3.50. The van der Waals surface area contributed by atoms with Gasteiger partial charge in [0.1, 0.15) is 5.69 Å². The van der Waals surface area contributed by atoms with Crippen LogP contribution < -0.4 is 4.90 Å². The molecule has 1 rings (SSSR count). The van der Waals surface area contributed by atoms with Crippen molar-refractivity contribution in [1.29, 1.82) is 0 Å². The molecule has 0 atom stereocenters. The summed E-state index contributed by atoms with van der Waals surface area (Å²) in [4.78, 5) is 54.4. The minimum absolute atomic E-state index is 0.0355. The van der Waals surface area contributed by atoms with E-state index in [1.807, 2.05) is 0 Å². The normalized spacial score (nSPS) is 11.2. The Morgan fingerprint density at radius 3 is 2.13 bits per heavy atom. The van der Waals surface area contributed by atoms with Crippen molar-refractivity contribution in [2.75, 3.05) is 47.0 Å². The summed E-state index contributed by atoms with van der Waals surface area (Å²) in [6.07, 6.45) is 0. The molecule has 0 fully saturated rings. The van der Waals surface area contributed by atoms with Gasteiger partial charge in [0, 0.05) is 41.6 Å². The second-order valence-electron chi connectivity index (χ2n) is 5.79. The van der Waals surface area contributed by atoms with Crippen molar-refractivity contribution in [3.8, 4) is 0 Å². The number of non-ortho nitro benzene ring substituents is 1. The van der Waals surface area contributed by atoms with E-state index in [4.69, 9.17) is 9.79 Å². The summed E-state index contributed by atoms with van der Waals surface area (Å²) < 4.78 is 16.3. The van der Waals surface area contributed by atoms with Crippen molar-refractivity contribution < 1.29 is 33.5 Å². The molecule has 0 heterocycles. The molecule has 0 saturated carbocycles. The molecule has 1 aromatic carbocycles. The molecule has 0 saturated heterocycles. The number of alkyl halides is 2. The van der Waals surface area contributed by atoms with Crippen LogP contribution in [0.15, 0.2) is 12.1 Å². The van der Waals surface area contributed by atoms with Crippen molar-refractivity contribution in [3.63, 3.8) is 0 Å². The largest absolute Gasteiger partial charge is 0.469 e. The fourth-order valence-electron chi connectivity index (χ4n) is 2.49. The number of halogens is 2. The van der Waals surface area contributed by atoms with Crippen LogP contribution in [0.3, 0.4) is 0 Å². The molecule has 0 aliphatic carbocycles. The van der Waals surface area contributed by atoms with Crippen molar-refractivity contribution in [2.24, 2.45) is 0 Å². The average molecular weight is 672 g/mol. The number of nitrogens with zero attached hydrogens (tertiary/aromatic N) is 4. The summed E-state index contributed by atoms with van der Waals surface area (Å²) in [6, 6.07) is 1.79. The molecule has 0 aliphatic heterocycles. The van der Waals surface area contributed by atoms with Gasteiger partial charge in [-0.05, 0) is 0 Å². The van der Waals surface area contributed by atoms with Gasteiger partial charge in [0.25, 0.3) is 17.3 Å². The van der Waals surface area contributed by atoms with Gasteiger partial charge >= 0.3 is 7.82 Å². The zero-order valence-corrected chi connectivity index (χ0v) is 20.9. The Morgan fingerprint density at radius 1 is 1.13 bits per heavy atom. The predicted octanol–water partition coefficient (Wildman–Crippen LogP) is 2.36. The number of anilines is 1. The van der Waals surface area contributed by atoms with Crippen LogP contribution in [0.1, 0.15) is 10.4 Å². The Hall–Kier alpha value is -1.14. The first kappa shape index (κ1) is 26.9. The minimum Gasteiger partial charge on any atom is -0.364 e. The SMILES string of the molecule is CN(CCOP(=O)(O)O)C(=O)c1cc([N+](=O)[O-])cc([N+](=O)[O-])c1N(CCI)CCI. The number of amides is 1. The molecule has 0 bridgehead atoms. The van der Waals surface area contributed by atoms with E-state index in [1.165, 1.54) is 7.05 Å². The van der Waals surface area contributed by atoms with Gasteiger partial charge in [-0.1, -0.05) is 45.2 Å². The van der Waals surface area contributed by atoms with E-state index in [-0.39, 0.29) is 17.8 Å². The Morgan fingerprint density at radius 2 is 1.70 bits per heavy atom. The fourth-order valence-corrected chi connectivity index (χ4v) is 3.97. The molecule has 16 heteroatoms. The van der Waals surface area contributed by atoms with E-state index >= 15 is 0 Å². The third-order valence-electron chi connectivity index (χ3n) is 3.77. The number of nitro groups is 2. The number of hydrogen-bond acceptors (Lipinski definition) is 8. The van der Waals surface area contributed by atoms with E-state index in [9.17, 15) is 29.6 Å². The average Bonchev–Trinajstić information content (AvgIpc) is 2.64. The predicted molar refractivity (Wildman–Crippen MR) is 125 cm³/mol. The van der Waals surface area contributed by atoms with Gasteiger partial charge in [-0.25, -0.2) is 4.57 Å². The van der Waals surface area contributed by atoms with Crippen LogP contribution in [-0.4, -0.2) is 72.6 Å². The molecule has 0 spiro atoms. The van der Waals surface area contributed by atoms with E-state index in [0.29, 0.717) is 21.9 Å². The van der Waals surface area contributed by atoms with Crippen LogP contribution >= 0.6 is 53.0 Å². The standard InChI is InChI=1S/C14H19I2N4O9P/c1-17(6-7-29-30(26,27)28)14(21)11-8-10(19(22)23)9-12(20(24)25)13(11)18(4-2-15)5-3-16/h8-9H,2-7H2,1H3,(H2,26,27,28). The van der Waals surface area contributed by atoms with Gasteiger partial charge < -0.3 is 19.6 Å². The molecule has 0 unspecified atom stereocenters. The maximum absolute atomic E-state index is 13.0. The third-order valence-corrected chi connectivity index (χ3v) is 5.25. The number of carbonyl (C=O) groups is 1. The monoisotopic (exact) mass is 672 g/mol. The van der Waals surface area contributed by atoms with E-state index in [2.05, 4.69) is 49.7 Å². The molecule has 168 valence electrons. The van der Waals surface area contributed by atoms with E-state index in [0.717, 1.165) is 17.0 Å². The molecule has 1 aromatic rings. The lowest BCUT2D eigenvalue weighted by molar-refractivity contribution is -0.393. The zero-order chi connectivity index (χ0) is 23.1. The van der Waals surface area contributed by atoms with Crippen molar-refractivity contribution in [3.05, 3.63) is 37.9 Å². The number of phosphoric ester groups is 1. The second-order valence-corrected chi connectivity index (χ2v) is 9.19. The lowest BCUT2D eigenvalue weighted by atomic mass is 10.1. The van der Waals surface area contributed by atoms with Gasteiger partial charge in [0.15, 0.2) is 0 Å². The highest BCUT2D eigenvalue weighted by atomic mass is 127. The van der Waals surface area contributed by atoms with Gasteiger partial charge in [-0.3, -0.25) is 29.5 Å². The van der Waals surface area contributed by atoms with Gasteiger partial charge in [-0.15, -0.1) is 0 Å². The van der Waals surface area contributed by atoms with Crippen LogP contribution in [-0.2, 0) is 9.09 Å². The maximum atomic E-state index is 13.0. The number of benzene rings is 1. The molecule has 13 nitrogen and oxygen atoms in total. The van der Waals surface area contributed by atoms with Crippen molar-refractivity contribution in [1.82, 2.24) is 4.90 Å². The molecule has 0 radical (unpaired) electrons. The lowest BCUT2D eigenvalue weighted by Crippen LogP contribution is -2.34. The van der Waals surface area contributed by atoms with Crippen LogP contribution in [0.5, 0.6) is 0 Å². The lowest BCUT2D eigenvalue weighted by Gasteiger charge is -2.26. The summed E-state index contributed by atoms with van der Waals surface area (Å²) in [6.45, 7) is -0.0103. The molecule has 2 N–H and O–H groups in total. The fraction of sp³-hybridized carbons (Fsp3) is 0.500. The summed E-state index contributed by atoms with van der Waals surface area (Å²) in [5.74, 6) is -0.780. The second kappa shape index (κ2) is 12.0. The van der Waals surface area contributed by atoms with E-state index < -0.39 is 41.6 Å². The van der Waals surface area contributed by atoms with Crippen molar-refractivity contribution in [2.45, 2.75) is 0 Å². The van der Waals surface area contributed by atoms with Gasteiger partial charge in [0.2, 0.25) is 0 Å². The van der Waals surface area contributed by atoms with E-state index in [1.54, 1.807) is 4.90 Å². The minimum atomic E-state index is -4.74. The van der Waals surface area contributed by atoms with Crippen molar-refractivity contribution >= 4 is 76.0 Å². The van der Waals surface area contributed by atoms with Crippen LogP contribution in [0, 0.1) is 20.2 Å². The smallest absolute Gasteiger partial charge is 0.364 e. The number of phosphoric acid groups is 1. The van der Waals surface area contributed by atoms with Gasteiger partial charge in [-0.2, -0.15) is 0 Å². The highest BCUT2D eigenvalue weighted by Gasteiger charge is 2.32. The summed E-state index contributed by atoms with van der Waals surface area (Å²) >= 11 is 4.15. The molecule has 1 amide bonds. The Bertz CT molecular complexity index is 845.